The lowest BCUT2D eigenvalue weighted by Gasteiger charge is -2.01. The molecule has 0 fully saturated rings. The summed E-state index contributed by atoms with van der Waals surface area (Å²) in [7, 11) is 0. The van der Waals surface area contributed by atoms with Crippen molar-refractivity contribution in [2.75, 3.05) is 0 Å². The number of hydrogen-bond donors (Lipinski definition) is 0. The molecule has 0 aliphatic rings. The molecule has 0 aliphatic heterocycles. The molecular weight excluding hydrogens is 520 g/mol. The van der Waals surface area contributed by atoms with Crippen molar-refractivity contribution in [1.82, 2.24) is 0 Å². The van der Waals surface area contributed by atoms with Crippen LogP contribution in [0.4, 0.5) is 0 Å². The minimum absolute atomic E-state index is 0. The van der Waals surface area contributed by atoms with Gasteiger partial charge in [-0.1, -0.05) is 197 Å². The molecule has 0 spiro atoms. The predicted molar refractivity (Wildman–Crippen MR) is 168 cm³/mol. The number of unbranched alkanes of at least 4 members (excludes halogenated alkanes) is 22. The summed E-state index contributed by atoms with van der Waals surface area (Å²) >= 11 is 0. The first-order chi connectivity index (χ1) is 13.8. The van der Waals surface area contributed by atoms with Crippen molar-refractivity contribution in [2.45, 2.75) is 197 Å². The van der Waals surface area contributed by atoms with Crippen LogP contribution in [0.25, 0.3) is 0 Å². The molecule has 32 heavy (non-hydrogen) atoms. The van der Waals surface area contributed by atoms with Crippen molar-refractivity contribution < 1.29 is 0 Å². The molecule has 0 aromatic rings. The van der Waals surface area contributed by atoms with E-state index in [-0.39, 0.29) is 48.8 Å². The molecule has 0 amide bonds. The highest BCUT2D eigenvalue weighted by molar-refractivity contribution is 8.93. The molecule has 0 radical (unpaired) electrons. The summed E-state index contributed by atoms with van der Waals surface area (Å²) in [5.74, 6) is 0. The van der Waals surface area contributed by atoms with Gasteiger partial charge in [0.15, 0.2) is 0 Å². The lowest BCUT2D eigenvalue weighted by molar-refractivity contribution is 0.548. The van der Waals surface area contributed by atoms with Gasteiger partial charge < -0.3 is 0 Å². The standard InChI is InChI=1S/2C14H30.2CH4.2BrH/c2*1-3-5-7-9-11-13-14-12-10-8-6-4-2;;;;/h2*3-14H2,1-2H3;2*1H4;2*1H. The molecule has 0 aliphatic carbocycles. The molecule has 0 atom stereocenters. The lowest BCUT2D eigenvalue weighted by Crippen LogP contribution is -1.81. The van der Waals surface area contributed by atoms with Crippen LogP contribution in [0, 0.1) is 0 Å². The maximum Gasteiger partial charge on any atom is -0.0533 e. The zero-order valence-electron chi connectivity index (χ0n) is 21.8. The summed E-state index contributed by atoms with van der Waals surface area (Å²) in [5, 5.41) is 0. The number of rotatable bonds is 22. The average molecular weight is 591 g/mol. The second-order valence-electron chi connectivity index (χ2n) is 9.07. The van der Waals surface area contributed by atoms with Crippen LogP contribution in [0.5, 0.6) is 0 Å². The first-order valence-corrected chi connectivity index (χ1v) is 13.8. The van der Waals surface area contributed by atoms with Crippen LogP contribution < -0.4 is 0 Å². The Kier molecular flexibility index (Phi) is 71.2. The van der Waals surface area contributed by atoms with Crippen LogP contribution in [-0.2, 0) is 0 Å². The van der Waals surface area contributed by atoms with Gasteiger partial charge in [0.2, 0.25) is 0 Å². The van der Waals surface area contributed by atoms with E-state index in [2.05, 4.69) is 27.7 Å². The number of hydrogen-bond acceptors (Lipinski definition) is 0. The van der Waals surface area contributed by atoms with Crippen molar-refractivity contribution in [2.24, 2.45) is 0 Å². The summed E-state index contributed by atoms with van der Waals surface area (Å²) in [5.41, 5.74) is 0. The van der Waals surface area contributed by atoms with Gasteiger partial charge >= 0.3 is 0 Å². The monoisotopic (exact) mass is 588 g/mol. The smallest absolute Gasteiger partial charge is 0.0533 e. The zero-order valence-corrected chi connectivity index (χ0v) is 25.2. The number of halogens is 2. The van der Waals surface area contributed by atoms with Gasteiger partial charge in [-0.15, -0.1) is 34.0 Å². The summed E-state index contributed by atoms with van der Waals surface area (Å²) < 4.78 is 0. The van der Waals surface area contributed by atoms with E-state index in [1.807, 2.05) is 0 Å². The van der Waals surface area contributed by atoms with E-state index in [1.54, 1.807) is 0 Å². The highest BCUT2D eigenvalue weighted by Gasteiger charge is 1.92. The van der Waals surface area contributed by atoms with E-state index < -0.39 is 0 Å². The Bertz CT molecular complexity index is 183. The van der Waals surface area contributed by atoms with E-state index in [1.165, 1.54) is 154 Å². The fourth-order valence-corrected chi connectivity index (χ4v) is 3.83. The van der Waals surface area contributed by atoms with Gasteiger partial charge in [-0.2, -0.15) is 0 Å². The van der Waals surface area contributed by atoms with Crippen molar-refractivity contribution in [3.8, 4) is 0 Å². The Morgan fingerprint density at radius 3 is 0.406 bits per heavy atom. The van der Waals surface area contributed by atoms with E-state index in [0.29, 0.717) is 0 Å². The summed E-state index contributed by atoms with van der Waals surface area (Å²) in [6.07, 6.45) is 34.9. The van der Waals surface area contributed by atoms with Crippen molar-refractivity contribution in [3.05, 3.63) is 0 Å². The van der Waals surface area contributed by atoms with Gasteiger partial charge in [-0.05, 0) is 0 Å². The molecule has 0 rings (SSSR count). The van der Waals surface area contributed by atoms with Gasteiger partial charge in [-0.3, -0.25) is 0 Å². The zero-order chi connectivity index (χ0) is 21.0. The van der Waals surface area contributed by atoms with Gasteiger partial charge in [0, 0.05) is 0 Å². The minimum Gasteiger partial charge on any atom is -0.114 e. The van der Waals surface area contributed by atoms with Crippen LogP contribution >= 0.6 is 34.0 Å². The molecule has 0 aromatic heterocycles. The van der Waals surface area contributed by atoms with Crippen molar-refractivity contribution >= 4 is 34.0 Å². The van der Waals surface area contributed by atoms with E-state index in [9.17, 15) is 0 Å². The fourth-order valence-electron chi connectivity index (χ4n) is 3.83. The van der Waals surface area contributed by atoms with Crippen LogP contribution in [0.1, 0.15) is 197 Å². The Morgan fingerprint density at radius 1 is 0.219 bits per heavy atom. The largest absolute Gasteiger partial charge is 0.114 e. The minimum atomic E-state index is 0. The topological polar surface area (TPSA) is 0 Å². The molecule has 0 bridgehead atoms. The molecule has 0 aromatic carbocycles. The third kappa shape index (κ3) is 52.7. The second-order valence-corrected chi connectivity index (χ2v) is 9.07. The van der Waals surface area contributed by atoms with Gasteiger partial charge in [0.1, 0.15) is 0 Å². The van der Waals surface area contributed by atoms with Crippen LogP contribution in [-0.4, -0.2) is 0 Å². The lowest BCUT2D eigenvalue weighted by atomic mass is 10.1. The van der Waals surface area contributed by atoms with E-state index in [0.717, 1.165) is 0 Å². The normalized spacial score (nSPS) is 9.38. The van der Waals surface area contributed by atoms with Crippen LogP contribution in [0.15, 0.2) is 0 Å². The van der Waals surface area contributed by atoms with Gasteiger partial charge in [-0.25, -0.2) is 0 Å². The van der Waals surface area contributed by atoms with Gasteiger partial charge in [0.25, 0.3) is 0 Å². The molecule has 2 heteroatoms. The highest BCUT2D eigenvalue weighted by atomic mass is 79.9. The first-order valence-electron chi connectivity index (χ1n) is 13.8. The average Bonchev–Trinajstić information content (AvgIpc) is 2.71. The Morgan fingerprint density at radius 2 is 0.312 bits per heavy atom. The van der Waals surface area contributed by atoms with Crippen LogP contribution in [0.2, 0.25) is 0 Å². The highest BCUT2D eigenvalue weighted by Crippen LogP contribution is 2.12. The van der Waals surface area contributed by atoms with E-state index in [4.69, 9.17) is 0 Å². The van der Waals surface area contributed by atoms with Crippen molar-refractivity contribution in [3.63, 3.8) is 0 Å². The quantitative estimate of drug-likeness (QED) is 0.110. The SMILES string of the molecule is Br.Br.C.C.CCCCCCCCCCCCCC.CCCCCCCCCCCCCC. The van der Waals surface area contributed by atoms with Crippen LogP contribution in [0.3, 0.4) is 0 Å². The molecule has 0 heterocycles. The molecule has 0 saturated heterocycles. The molecule has 0 unspecified atom stereocenters. The molecule has 0 nitrogen and oxygen atoms in total. The van der Waals surface area contributed by atoms with E-state index >= 15 is 0 Å². The molecule has 0 saturated carbocycles. The van der Waals surface area contributed by atoms with Crippen molar-refractivity contribution in [1.29, 1.82) is 0 Å². The maximum atomic E-state index is 2.29. The predicted octanol–water partition coefficient (Wildman–Crippen LogP) is 13.8. The third-order valence-corrected chi connectivity index (χ3v) is 5.91. The Hall–Kier alpha value is 0.960. The molecular formula is C30H70Br2. The first kappa shape index (κ1) is 46.3. The maximum absolute atomic E-state index is 2.29. The molecule has 204 valence electrons. The third-order valence-electron chi connectivity index (χ3n) is 5.91. The van der Waals surface area contributed by atoms with Gasteiger partial charge in [0.05, 0.1) is 0 Å². The summed E-state index contributed by atoms with van der Waals surface area (Å²) in [4.78, 5) is 0. The molecule has 0 N–H and O–H groups in total. The Balaban J connectivity index is -0.0000000939. The summed E-state index contributed by atoms with van der Waals surface area (Å²) in [6.45, 7) is 9.14. The summed E-state index contributed by atoms with van der Waals surface area (Å²) in [6, 6.07) is 0. The Labute approximate surface area is 229 Å². The fraction of sp³-hybridized carbons (Fsp3) is 1.00. The second kappa shape index (κ2) is 49.2.